The van der Waals surface area contributed by atoms with Crippen LogP contribution in [0.3, 0.4) is 0 Å². The third-order valence-corrected chi connectivity index (χ3v) is 4.28. The van der Waals surface area contributed by atoms with Gasteiger partial charge in [0.05, 0.1) is 6.21 Å². The predicted molar refractivity (Wildman–Crippen MR) is 102 cm³/mol. The number of carbonyl (C=O) groups excluding carboxylic acids is 2. The first-order valence-corrected chi connectivity index (χ1v) is 8.95. The number of nitrogens with zero attached hydrogens (tertiary/aromatic N) is 1. The number of ketones is 1. The van der Waals surface area contributed by atoms with Gasteiger partial charge in [-0.25, -0.2) is 5.43 Å². The van der Waals surface area contributed by atoms with Gasteiger partial charge in [-0.1, -0.05) is 56.1 Å². The Labute approximate surface area is 157 Å². The molecule has 6 heteroatoms. The van der Waals surface area contributed by atoms with Crippen molar-refractivity contribution in [3.05, 3.63) is 68.6 Å². The average molecular weight is 452 g/mol. The number of rotatable bonds is 7. The minimum atomic E-state index is -0.271. The molecule has 0 aliphatic heterocycles. The summed E-state index contributed by atoms with van der Waals surface area (Å²) in [5.41, 5.74) is 4.25. The molecular weight excluding hydrogens is 436 g/mol. The average Bonchev–Trinajstić information content (AvgIpc) is 2.57. The van der Waals surface area contributed by atoms with Crippen LogP contribution in [0.4, 0.5) is 0 Å². The van der Waals surface area contributed by atoms with E-state index < -0.39 is 0 Å². The fourth-order valence-corrected chi connectivity index (χ4v) is 2.48. The Kier molecular flexibility index (Phi) is 7.34. The number of amides is 1. The van der Waals surface area contributed by atoms with Gasteiger partial charge < -0.3 is 0 Å². The van der Waals surface area contributed by atoms with E-state index in [1.807, 2.05) is 48.5 Å². The molecule has 0 aliphatic rings. The summed E-state index contributed by atoms with van der Waals surface area (Å²) in [5, 5.41) is 3.89. The van der Waals surface area contributed by atoms with Crippen molar-refractivity contribution in [1.82, 2.24) is 5.43 Å². The summed E-state index contributed by atoms with van der Waals surface area (Å²) >= 11 is 6.70. The fraction of sp³-hybridized carbons (Fsp3) is 0.167. The number of hydrogen-bond donors (Lipinski definition) is 1. The standard InChI is InChI=1S/C18H16Br2N2O2/c19-15-5-1-13(2-6-15)11-17(23)9-10-18(24)22-21-12-14-3-7-16(20)8-4-14/h1-8,12H,9-11H2,(H,22,24)/b21-12+. The van der Waals surface area contributed by atoms with Gasteiger partial charge in [0.2, 0.25) is 5.91 Å². The van der Waals surface area contributed by atoms with Gasteiger partial charge in [0.25, 0.3) is 0 Å². The van der Waals surface area contributed by atoms with Crippen LogP contribution in [0.1, 0.15) is 24.0 Å². The van der Waals surface area contributed by atoms with E-state index in [0.29, 0.717) is 6.42 Å². The van der Waals surface area contributed by atoms with Crippen molar-refractivity contribution in [2.45, 2.75) is 19.3 Å². The SMILES string of the molecule is O=C(CCC(=O)N/N=C/c1ccc(Br)cc1)Cc1ccc(Br)cc1. The fourth-order valence-electron chi connectivity index (χ4n) is 1.95. The molecule has 0 saturated carbocycles. The summed E-state index contributed by atoms with van der Waals surface area (Å²) in [6, 6.07) is 15.1. The van der Waals surface area contributed by atoms with Crippen LogP contribution in [-0.4, -0.2) is 17.9 Å². The Morgan fingerprint density at radius 3 is 2.12 bits per heavy atom. The molecule has 0 aliphatic carbocycles. The van der Waals surface area contributed by atoms with Crippen LogP contribution >= 0.6 is 31.9 Å². The molecule has 0 atom stereocenters. The van der Waals surface area contributed by atoms with E-state index in [9.17, 15) is 9.59 Å². The number of benzene rings is 2. The van der Waals surface area contributed by atoms with Crippen molar-refractivity contribution in [1.29, 1.82) is 0 Å². The highest BCUT2D eigenvalue weighted by molar-refractivity contribution is 9.10. The van der Waals surface area contributed by atoms with Crippen LogP contribution in [0.2, 0.25) is 0 Å². The highest BCUT2D eigenvalue weighted by Crippen LogP contribution is 2.12. The Balaban J connectivity index is 1.71. The Hall–Kier alpha value is -1.79. The van der Waals surface area contributed by atoms with E-state index in [-0.39, 0.29) is 24.5 Å². The van der Waals surface area contributed by atoms with E-state index in [4.69, 9.17) is 0 Å². The molecule has 1 amide bonds. The summed E-state index contributed by atoms with van der Waals surface area (Å²) in [6.45, 7) is 0. The summed E-state index contributed by atoms with van der Waals surface area (Å²) in [4.78, 5) is 23.6. The van der Waals surface area contributed by atoms with E-state index in [1.165, 1.54) is 0 Å². The number of nitrogens with one attached hydrogen (secondary N) is 1. The Morgan fingerprint density at radius 2 is 1.50 bits per heavy atom. The maximum absolute atomic E-state index is 11.9. The molecule has 4 nitrogen and oxygen atoms in total. The number of hydrogen-bond acceptors (Lipinski definition) is 3. The lowest BCUT2D eigenvalue weighted by molar-refractivity contribution is -0.125. The van der Waals surface area contributed by atoms with Gasteiger partial charge in [-0.15, -0.1) is 0 Å². The molecular formula is C18H16Br2N2O2. The summed E-state index contributed by atoms with van der Waals surface area (Å²) in [7, 11) is 0. The van der Waals surface area contributed by atoms with Gasteiger partial charge in [-0.05, 0) is 35.4 Å². The lowest BCUT2D eigenvalue weighted by atomic mass is 10.1. The first kappa shape index (κ1) is 18.5. The zero-order chi connectivity index (χ0) is 17.4. The molecule has 2 aromatic rings. The van der Waals surface area contributed by atoms with Gasteiger partial charge in [-0.2, -0.15) is 5.10 Å². The topological polar surface area (TPSA) is 58.5 Å². The second-order valence-corrected chi connectivity index (χ2v) is 7.02. The Bertz CT molecular complexity index is 726. The molecule has 0 aromatic heterocycles. The monoisotopic (exact) mass is 450 g/mol. The van der Waals surface area contributed by atoms with Crippen LogP contribution in [-0.2, 0) is 16.0 Å². The second-order valence-electron chi connectivity index (χ2n) is 5.19. The molecule has 24 heavy (non-hydrogen) atoms. The first-order chi connectivity index (χ1) is 11.5. The molecule has 0 saturated heterocycles. The third-order valence-electron chi connectivity index (χ3n) is 3.22. The summed E-state index contributed by atoms with van der Waals surface area (Å²) < 4.78 is 1.95. The van der Waals surface area contributed by atoms with Crippen molar-refractivity contribution in [3.63, 3.8) is 0 Å². The maximum atomic E-state index is 11.9. The zero-order valence-electron chi connectivity index (χ0n) is 12.8. The van der Waals surface area contributed by atoms with Crippen molar-refractivity contribution in [3.8, 4) is 0 Å². The number of carbonyl (C=O) groups is 2. The van der Waals surface area contributed by atoms with E-state index >= 15 is 0 Å². The minimum absolute atomic E-state index is 0.0318. The molecule has 0 spiro atoms. The predicted octanol–water partition coefficient (Wildman–Crippen LogP) is 4.25. The molecule has 2 aromatic carbocycles. The molecule has 0 fully saturated rings. The number of halogens is 2. The minimum Gasteiger partial charge on any atom is -0.299 e. The van der Waals surface area contributed by atoms with E-state index in [0.717, 1.165) is 20.1 Å². The van der Waals surface area contributed by atoms with Crippen molar-refractivity contribution >= 4 is 49.8 Å². The van der Waals surface area contributed by atoms with Crippen molar-refractivity contribution in [2.75, 3.05) is 0 Å². The van der Waals surface area contributed by atoms with Crippen LogP contribution < -0.4 is 5.43 Å². The van der Waals surface area contributed by atoms with Crippen LogP contribution in [0.15, 0.2) is 62.6 Å². The van der Waals surface area contributed by atoms with E-state index in [2.05, 4.69) is 42.4 Å². The molecule has 124 valence electrons. The number of hydrazone groups is 1. The van der Waals surface area contributed by atoms with Crippen molar-refractivity contribution < 1.29 is 9.59 Å². The molecule has 0 bridgehead atoms. The lowest BCUT2D eigenvalue weighted by Gasteiger charge is -2.02. The normalized spacial score (nSPS) is 10.8. The summed E-state index contributed by atoms with van der Waals surface area (Å²) in [6.07, 6.45) is 2.24. The second kappa shape index (κ2) is 9.49. The molecule has 0 heterocycles. The molecule has 1 N–H and O–H groups in total. The zero-order valence-corrected chi connectivity index (χ0v) is 16.0. The third kappa shape index (κ3) is 6.76. The first-order valence-electron chi connectivity index (χ1n) is 7.36. The van der Waals surface area contributed by atoms with Crippen LogP contribution in [0.5, 0.6) is 0 Å². The largest absolute Gasteiger partial charge is 0.299 e. The highest BCUT2D eigenvalue weighted by Gasteiger charge is 2.07. The van der Waals surface area contributed by atoms with Gasteiger partial charge in [-0.3, -0.25) is 9.59 Å². The van der Waals surface area contributed by atoms with Crippen molar-refractivity contribution in [2.24, 2.45) is 5.10 Å². The van der Waals surface area contributed by atoms with Gasteiger partial charge >= 0.3 is 0 Å². The smallest absolute Gasteiger partial charge is 0.240 e. The van der Waals surface area contributed by atoms with Gasteiger partial charge in [0.15, 0.2) is 0 Å². The highest BCUT2D eigenvalue weighted by atomic mass is 79.9. The number of Topliss-reactive ketones (excluding diaryl/α,β-unsaturated/α-hetero) is 1. The molecule has 0 radical (unpaired) electrons. The quantitative estimate of drug-likeness (QED) is 0.505. The van der Waals surface area contributed by atoms with Crippen LogP contribution in [0, 0.1) is 0 Å². The van der Waals surface area contributed by atoms with Gasteiger partial charge in [0, 0.05) is 28.2 Å². The van der Waals surface area contributed by atoms with Crippen LogP contribution in [0.25, 0.3) is 0 Å². The maximum Gasteiger partial charge on any atom is 0.240 e. The Morgan fingerprint density at radius 1 is 0.917 bits per heavy atom. The lowest BCUT2D eigenvalue weighted by Crippen LogP contribution is -2.18. The van der Waals surface area contributed by atoms with E-state index in [1.54, 1.807) is 6.21 Å². The van der Waals surface area contributed by atoms with Gasteiger partial charge in [0.1, 0.15) is 5.78 Å². The molecule has 0 unspecified atom stereocenters. The molecule has 2 rings (SSSR count). The summed E-state index contributed by atoms with van der Waals surface area (Å²) in [5.74, 6) is -0.239.